The van der Waals surface area contributed by atoms with Gasteiger partial charge in [0.15, 0.2) is 0 Å². The van der Waals surface area contributed by atoms with Crippen LogP contribution in [0.1, 0.15) is 32.6 Å². The number of nitrogens with one attached hydrogen (secondary N) is 1. The van der Waals surface area contributed by atoms with Gasteiger partial charge in [0.05, 0.1) is 23.5 Å². The standard InChI is InChI=1S/C15H19FN2O4/c1-2-22-15(19)10-3-6-12(7-4-10)17-13-8-5-11(16)9-14(13)18(20)21/h5,8-10,12,17H,2-4,6-7H2,1H3/t10-,12+. The summed E-state index contributed by atoms with van der Waals surface area (Å²) in [4.78, 5) is 22.0. The van der Waals surface area contributed by atoms with Crippen molar-refractivity contribution in [3.8, 4) is 0 Å². The van der Waals surface area contributed by atoms with Gasteiger partial charge in [0, 0.05) is 6.04 Å². The van der Waals surface area contributed by atoms with Gasteiger partial charge in [-0.15, -0.1) is 0 Å². The highest BCUT2D eigenvalue weighted by Gasteiger charge is 2.28. The molecule has 0 saturated heterocycles. The fraction of sp³-hybridized carbons (Fsp3) is 0.533. The van der Waals surface area contributed by atoms with Crippen molar-refractivity contribution in [2.75, 3.05) is 11.9 Å². The third-order valence-electron chi connectivity index (χ3n) is 3.86. The molecule has 120 valence electrons. The molecule has 7 heteroatoms. The molecule has 0 aromatic heterocycles. The molecule has 1 fully saturated rings. The fourth-order valence-electron chi connectivity index (χ4n) is 2.73. The van der Waals surface area contributed by atoms with Crippen molar-refractivity contribution in [1.82, 2.24) is 0 Å². The minimum atomic E-state index is -0.636. The van der Waals surface area contributed by atoms with Gasteiger partial charge in [-0.25, -0.2) is 4.39 Å². The van der Waals surface area contributed by atoms with E-state index in [0.29, 0.717) is 25.1 Å². The Hall–Kier alpha value is -2.18. The number of esters is 1. The van der Waals surface area contributed by atoms with Crippen LogP contribution in [0.15, 0.2) is 18.2 Å². The van der Waals surface area contributed by atoms with Gasteiger partial charge in [-0.05, 0) is 44.7 Å². The van der Waals surface area contributed by atoms with Crippen molar-refractivity contribution in [2.24, 2.45) is 5.92 Å². The molecule has 0 amide bonds. The third kappa shape index (κ3) is 3.93. The number of halogens is 1. The Labute approximate surface area is 127 Å². The Morgan fingerprint density at radius 1 is 1.41 bits per heavy atom. The second-order valence-corrected chi connectivity index (χ2v) is 5.36. The van der Waals surface area contributed by atoms with Crippen LogP contribution in [-0.4, -0.2) is 23.5 Å². The van der Waals surface area contributed by atoms with Crippen LogP contribution in [-0.2, 0) is 9.53 Å². The van der Waals surface area contributed by atoms with Gasteiger partial charge in [0.25, 0.3) is 5.69 Å². The number of rotatable bonds is 5. The normalized spacial score (nSPS) is 21.2. The first-order valence-electron chi connectivity index (χ1n) is 7.38. The molecule has 1 N–H and O–H groups in total. The summed E-state index contributed by atoms with van der Waals surface area (Å²) in [5.41, 5.74) is 0.0403. The quantitative estimate of drug-likeness (QED) is 0.513. The summed E-state index contributed by atoms with van der Waals surface area (Å²) < 4.78 is 18.1. The lowest BCUT2D eigenvalue weighted by Gasteiger charge is -2.28. The minimum Gasteiger partial charge on any atom is -0.466 e. The van der Waals surface area contributed by atoms with Gasteiger partial charge in [-0.3, -0.25) is 14.9 Å². The maximum atomic E-state index is 13.1. The topological polar surface area (TPSA) is 81.5 Å². The summed E-state index contributed by atoms with van der Waals surface area (Å²) in [5, 5.41) is 14.1. The molecule has 1 aliphatic rings. The summed E-state index contributed by atoms with van der Waals surface area (Å²) in [6.45, 7) is 2.15. The number of hydrogen-bond donors (Lipinski definition) is 1. The van der Waals surface area contributed by atoms with E-state index in [1.807, 2.05) is 0 Å². The molecule has 0 spiro atoms. The molecule has 0 atom stereocenters. The summed E-state index contributed by atoms with van der Waals surface area (Å²) in [6, 6.07) is 3.52. The van der Waals surface area contributed by atoms with Gasteiger partial charge in [0.2, 0.25) is 0 Å². The number of nitro groups is 1. The number of ether oxygens (including phenoxy) is 1. The van der Waals surface area contributed by atoms with Gasteiger partial charge in [-0.2, -0.15) is 0 Å². The van der Waals surface area contributed by atoms with Crippen molar-refractivity contribution >= 4 is 17.3 Å². The average molecular weight is 310 g/mol. The number of benzene rings is 1. The number of anilines is 1. The van der Waals surface area contributed by atoms with Crippen LogP contribution >= 0.6 is 0 Å². The van der Waals surface area contributed by atoms with Crippen LogP contribution in [0.4, 0.5) is 15.8 Å². The fourth-order valence-corrected chi connectivity index (χ4v) is 2.73. The molecule has 1 aromatic rings. The lowest BCUT2D eigenvalue weighted by molar-refractivity contribution is -0.384. The van der Waals surface area contributed by atoms with E-state index in [2.05, 4.69) is 5.32 Å². The number of nitrogens with zero attached hydrogens (tertiary/aromatic N) is 1. The number of nitro benzene ring substituents is 1. The molecule has 2 rings (SSSR count). The largest absolute Gasteiger partial charge is 0.466 e. The Balaban J connectivity index is 1.96. The number of carbonyl (C=O) groups excluding carboxylic acids is 1. The second kappa shape index (κ2) is 7.20. The maximum Gasteiger partial charge on any atom is 0.308 e. The van der Waals surface area contributed by atoms with E-state index >= 15 is 0 Å². The van der Waals surface area contributed by atoms with Crippen LogP contribution in [0, 0.1) is 21.8 Å². The van der Waals surface area contributed by atoms with Crippen molar-refractivity contribution in [3.05, 3.63) is 34.1 Å². The van der Waals surface area contributed by atoms with E-state index in [1.165, 1.54) is 12.1 Å². The molecule has 0 unspecified atom stereocenters. The molecule has 0 bridgehead atoms. The van der Waals surface area contributed by atoms with Crippen LogP contribution in [0.2, 0.25) is 0 Å². The zero-order chi connectivity index (χ0) is 16.1. The molecule has 1 aliphatic carbocycles. The predicted octanol–water partition coefficient (Wildman–Crippen LogP) is 3.27. The second-order valence-electron chi connectivity index (χ2n) is 5.36. The molecule has 0 aliphatic heterocycles. The lowest BCUT2D eigenvalue weighted by Crippen LogP contribution is -2.30. The molecule has 0 radical (unpaired) electrons. The molecule has 6 nitrogen and oxygen atoms in total. The van der Waals surface area contributed by atoms with Gasteiger partial charge < -0.3 is 10.1 Å². The van der Waals surface area contributed by atoms with Gasteiger partial charge in [-0.1, -0.05) is 0 Å². The van der Waals surface area contributed by atoms with Crippen molar-refractivity contribution in [3.63, 3.8) is 0 Å². The Bertz CT molecular complexity index is 556. The highest BCUT2D eigenvalue weighted by molar-refractivity contribution is 5.72. The summed E-state index contributed by atoms with van der Waals surface area (Å²) >= 11 is 0. The first-order chi connectivity index (χ1) is 10.5. The number of carbonyl (C=O) groups is 1. The van der Waals surface area contributed by atoms with E-state index in [-0.39, 0.29) is 23.6 Å². The highest BCUT2D eigenvalue weighted by Crippen LogP contribution is 2.31. The summed E-state index contributed by atoms with van der Waals surface area (Å²) in [5.74, 6) is -0.904. The summed E-state index contributed by atoms with van der Waals surface area (Å²) in [6.07, 6.45) is 2.81. The summed E-state index contributed by atoms with van der Waals surface area (Å²) in [7, 11) is 0. The van der Waals surface area contributed by atoms with Crippen molar-refractivity contribution in [2.45, 2.75) is 38.6 Å². The molecular weight excluding hydrogens is 291 g/mol. The molecule has 1 aromatic carbocycles. The molecule has 0 heterocycles. The van der Waals surface area contributed by atoms with E-state index in [4.69, 9.17) is 4.74 Å². The lowest BCUT2D eigenvalue weighted by atomic mass is 9.86. The predicted molar refractivity (Wildman–Crippen MR) is 79.1 cm³/mol. The smallest absolute Gasteiger partial charge is 0.308 e. The van der Waals surface area contributed by atoms with E-state index in [9.17, 15) is 19.3 Å². The molecule has 22 heavy (non-hydrogen) atoms. The van der Waals surface area contributed by atoms with Crippen molar-refractivity contribution in [1.29, 1.82) is 0 Å². The number of hydrogen-bond acceptors (Lipinski definition) is 5. The minimum absolute atomic E-state index is 0.0369. The molecular formula is C15H19FN2O4. The zero-order valence-electron chi connectivity index (χ0n) is 12.4. The van der Waals surface area contributed by atoms with Crippen LogP contribution in [0.3, 0.4) is 0 Å². The Kier molecular flexibility index (Phi) is 5.30. The molecule has 1 saturated carbocycles. The van der Waals surface area contributed by atoms with E-state index < -0.39 is 10.7 Å². The van der Waals surface area contributed by atoms with Gasteiger partial charge >= 0.3 is 5.97 Å². The van der Waals surface area contributed by atoms with Crippen LogP contribution < -0.4 is 5.32 Å². The Morgan fingerprint density at radius 3 is 2.68 bits per heavy atom. The third-order valence-corrected chi connectivity index (χ3v) is 3.86. The Morgan fingerprint density at radius 2 is 2.09 bits per heavy atom. The van der Waals surface area contributed by atoms with Gasteiger partial charge in [0.1, 0.15) is 11.5 Å². The first-order valence-corrected chi connectivity index (χ1v) is 7.38. The average Bonchev–Trinajstić information content (AvgIpc) is 2.50. The highest BCUT2D eigenvalue weighted by atomic mass is 19.1. The first kappa shape index (κ1) is 16.2. The maximum absolute atomic E-state index is 13.1. The monoisotopic (exact) mass is 310 g/mol. The van der Waals surface area contributed by atoms with E-state index in [0.717, 1.165) is 18.9 Å². The zero-order valence-corrected chi connectivity index (χ0v) is 12.4. The SMILES string of the molecule is CCOC(=O)[C@H]1CC[C@@H](Nc2ccc(F)cc2[N+](=O)[O-])CC1. The van der Waals surface area contributed by atoms with Crippen LogP contribution in [0.25, 0.3) is 0 Å². The van der Waals surface area contributed by atoms with Crippen molar-refractivity contribution < 1.29 is 18.8 Å². The van der Waals surface area contributed by atoms with Crippen LogP contribution in [0.5, 0.6) is 0 Å². The van der Waals surface area contributed by atoms with E-state index in [1.54, 1.807) is 6.92 Å².